The molecule has 0 aromatic heterocycles. The second-order valence-corrected chi connectivity index (χ2v) is 5.47. The monoisotopic (exact) mass is 355 g/mol. The number of rotatable bonds is 5. The number of anilines is 1. The quantitative estimate of drug-likeness (QED) is 0.652. The Morgan fingerprint density at radius 2 is 1.79 bits per heavy atom. The number of hydrogen-bond donors (Lipinski definition) is 1. The number of azo groups is 1. The van der Waals surface area contributed by atoms with E-state index in [4.69, 9.17) is 0 Å². The predicted molar refractivity (Wildman–Crippen MR) is 82.0 cm³/mol. The lowest BCUT2D eigenvalue weighted by molar-refractivity contribution is -0.114. The number of benzene rings is 2. The number of hydrogen-bond acceptors (Lipinski definition) is 6. The topological polar surface area (TPSA) is 97.2 Å². The Balaban J connectivity index is 2.12. The molecule has 2 aromatic carbocycles. The first-order chi connectivity index (χ1) is 11.2. The van der Waals surface area contributed by atoms with Crippen LogP contribution in [0.2, 0.25) is 0 Å². The van der Waals surface area contributed by atoms with Gasteiger partial charge in [0, 0.05) is 18.7 Å². The maximum atomic E-state index is 13.7. The summed E-state index contributed by atoms with van der Waals surface area (Å²) in [6.07, 6.45) is 0. The molecule has 0 heterocycles. The standard InChI is InChI=1S/C14H11F2N3O4S/c1-9(20)17-10-2-4-11(5-3-10)18-19-14-7-6-12(8-13(14)15)23-24(16,21)22/h2-8H,1H3,(H,17,20). The minimum Gasteiger partial charge on any atom is -0.358 e. The van der Waals surface area contributed by atoms with Gasteiger partial charge in [-0.2, -0.15) is 13.5 Å². The second-order valence-electron chi connectivity index (χ2n) is 4.52. The van der Waals surface area contributed by atoms with Crippen LogP contribution < -0.4 is 9.50 Å². The molecule has 0 spiro atoms. The summed E-state index contributed by atoms with van der Waals surface area (Å²) in [5, 5.41) is 10.0. The predicted octanol–water partition coefficient (Wildman–Crippen LogP) is 3.79. The number of carbonyl (C=O) groups is 1. The Kier molecular flexibility index (Phi) is 5.19. The zero-order chi connectivity index (χ0) is 17.7. The molecule has 0 radical (unpaired) electrons. The van der Waals surface area contributed by atoms with Crippen LogP contribution in [-0.2, 0) is 15.3 Å². The molecule has 0 aliphatic carbocycles. The Bertz CT molecular complexity index is 883. The number of nitrogens with zero attached hydrogens (tertiary/aromatic N) is 2. The van der Waals surface area contributed by atoms with E-state index in [0.717, 1.165) is 12.1 Å². The molecule has 10 heteroatoms. The van der Waals surface area contributed by atoms with Crippen LogP contribution in [0.1, 0.15) is 6.92 Å². The van der Waals surface area contributed by atoms with E-state index in [9.17, 15) is 21.5 Å². The molecule has 0 aliphatic rings. The third-order valence-electron chi connectivity index (χ3n) is 2.58. The lowest BCUT2D eigenvalue weighted by Gasteiger charge is -2.02. The Labute approximate surface area is 136 Å². The van der Waals surface area contributed by atoms with Gasteiger partial charge in [0.05, 0.1) is 5.69 Å². The number of nitrogens with one attached hydrogen (secondary N) is 1. The molecule has 0 fully saturated rings. The van der Waals surface area contributed by atoms with Crippen molar-refractivity contribution in [2.45, 2.75) is 6.92 Å². The Hall–Kier alpha value is -2.88. The van der Waals surface area contributed by atoms with E-state index in [0.29, 0.717) is 17.4 Å². The van der Waals surface area contributed by atoms with E-state index in [1.54, 1.807) is 24.3 Å². The van der Waals surface area contributed by atoms with Crippen molar-refractivity contribution in [2.24, 2.45) is 10.2 Å². The average Bonchev–Trinajstić information content (AvgIpc) is 2.46. The summed E-state index contributed by atoms with van der Waals surface area (Å²) < 4.78 is 50.6. The number of halogens is 2. The molecule has 2 aromatic rings. The summed E-state index contributed by atoms with van der Waals surface area (Å²) in [5.74, 6) is -1.67. The van der Waals surface area contributed by atoms with Crippen LogP contribution >= 0.6 is 0 Å². The van der Waals surface area contributed by atoms with E-state index >= 15 is 0 Å². The van der Waals surface area contributed by atoms with Crippen LogP contribution in [0.5, 0.6) is 5.75 Å². The largest absolute Gasteiger partial charge is 0.488 e. The van der Waals surface area contributed by atoms with Gasteiger partial charge in [0.1, 0.15) is 11.4 Å². The molecule has 24 heavy (non-hydrogen) atoms. The van der Waals surface area contributed by atoms with Gasteiger partial charge < -0.3 is 9.50 Å². The van der Waals surface area contributed by atoms with Crippen LogP contribution in [0, 0.1) is 5.82 Å². The summed E-state index contributed by atoms with van der Waals surface area (Å²) in [7, 11) is -5.23. The minimum atomic E-state index is -5.23. The smallest absolute Gasteiger partial charge is 0.358 e. The molecule has 0 saturated carbocycles. The van der Waals surface area contributed by atoms with Crippen molar-refractivity contribution in [1.82, 2.24) is 0 Å². The summed E-state index contributed by atoms with van der Waals surface area (Å²) in [4.78, 5) is 10.9. The lowest BCUT2D eigenvalue weighted by Crippen LogP contribution is -2.04. The van der Waals surface area contributed by atoms with Gasteiger partial charge in [-0.3, -0.25) is 4.79 Å². The van der Waals surface area contributed by atoms with Gasteiger partial charge in [0.25, 0.3) is 0 Å². The molecular weight excluding hydrogens is 344 g/mol. The molecule has 7 nitrogen and oxygen atoms in total. The molecule has 2 rings (SSSR count). The normalized spacial score (nSPS) is 11.5. The maximum absolute atomic E-state index is 13.7. The van der Waals surface area contributed by atoms with Crippen molar-refractivity contribution in [2.75, 3.05) is 5.32 Å². The first kappa shape index (κ1) is 17.5. The number of carbonyl (C=O) groups excluding carboxylic acids is 1. The van der Waals surface area contributed by atoms with E-state index in [2.05, 4.69) is 19.7 Å². The fourth-order valence-corrected chi connectivity index (χ4v) is 2.00. The highest BCUT2D eigenvalue weighted by molar-refractivity contribution is 7.81. The zero-order valence-corrected chi connectivity index (χ0v) is 13.0. The fraction of sp³-hybridized carbons (Fsp3) is 0.0714. The highest BCUT2D eigenvalue weighted by Crippen LogP contribution is 2.26. The summed E-state index contributed by atoms with van der Waals surface area (Å²) in [5.41, 5.74) is 0.779. The van der Waals surface area contributed by atoms with Gasteiger partial charge in [-0.15, -0.1) is 5.11 Å². The van der Waals surface area contributed by atoms with Crippen molar-refractivity contribution in [3.63, 3.8) is 0 Å². The van der Waals surface area contributed by atoms with Crippen molar-refractivity contribution in [3.8, 4) is 5.75 Å². The molecule has 1 N–H and O–H groups in total. The van der Waals surface area contributed by atoms with E-state index < -0.39 is 22.1 Å². The lowest BCUT2D eigenvalue weighted by atomic mass is 10.3. The Morgan fingerprint density at radius 1 is 1.12 bits per heavy atom. The van der Waals surface area contributed by atoms with Crippen LogP contribution in [0.4, 0.5) is 25.3 Å². The minimum absolute atomic E-state index is 0.190. The van der Waals surface area contributed by atoms with E-state index in [-0.39, 0.29) is 11.6 Å². The SMILES string of the molecule is CC(=O)Nc1ccc(N=Nc2ccc(OS(=O)(=O)F)cc2F)cc1. The molecule has 0 saturated heterocycles. The van der Waals surface area contributed by atoms with Crippen LogP contribution in [-0.4, -0.2) is 14.3 Å². The highest BCUT2D eigenvalue weighted by atomic mass is 32.3. The van der Waals surface area contributed by atoms with Gasteiger partial charge in [-0.1, -0.05) is 3.89 Å². The van der Waals surface area contributed by atoms with Gasteiger partial charge in [-0.05, 0) is 36.4 Å². The van der Waals surface area contributed by atoms with Gasteiger partial charge in [-0.25, -0.2) is 4.39 Å². The first-order valence-corrected chi connectivity index (χ1v) is 7.77. The number of amides is 1. The fourth-order valence-electron chi connectivity index (χ4n) is 1.66. The van der Waals surface area contributed by atoms with Crippen molar-refractivity contribution < 1.29 is 25.7 Å². The average molecular weight is 355 g/mol. The van der Waals surface area contributed by atoms with Crippen molar-refractivity contribution >= 4 is 33.5 Å². The van der Waals surface area contributed by atoms with Crippen molar-refractivity contribution in [3.05, 3.63) is 48.3 Å². The van der Waals surface area contributed by atoms with Gasteiger partial charge >= 0.3 is 10.5 Å². The first-order valence-electron chi connectivity index (χ1n) is 6.46. The van der Waals surface area contributed by atoms with Crippen LogP contribution in [0.25, 0.3) is 0 Å². The molecule has 0 atom stereocenters. The van der Waals surface area contributed by atoms with Gasteiger partial charge in [0.2, 0.25) is 5.91 Å². The Morgan fingerprint density at radius 3 is 2.33 bits per heavy atom. The van der Waals surface area contributed by atoms with E-state index in [1.165, 1.54) is 6.92 Å². The molecule has 0 unspecified atom stereocenters. The molecular formula is C14H11F2N3O4S. The van der Waals surface area contributed by atoms with E-state index in [1.807, 2.05) is 0 Å². The van der Waals surface area contributed by atoms with Gasteiger partial charge in [0.15, 0.2) is 5.82 Å². The van der Waals surface area contributed by atoms with Crippen LogP contribution in [0.3, 0.4) is 0 Å². The zero-order valence-electron chi connectivity index (χ0n) is 12.2. The summed E-state index contributed by atoms with van der Waals surface area (Å²) in [6.45, 7) is 1.37. The molecule has 0 aliphatic heterocycles. The molecule has 126 valence electrons. The third-order valence-corrected chi connectivity index (χ3v) is 2.97. The summed E-state index contributed by atoms with van der Waals surface area (Å²) in [6, 6.07) is 9.09. The van der Waals surface area contributed by atoms with Crippen LogP contribution in [0.15, 0.2) is 52.7 Å². The summed E-state index contributed by atoms with van der Waals surface area (Å²) >= 11 is 0. The maximum Gasteiger partial charge on any atom is 0.488 e. The molecule has 0 bridgehead atoms. The highest BCUT2D eigenvalue weighted by Gasteiger charge is 2.12. The second kappa shape index (κ2) is 7.13. The molecule has 1 amide bonds. The van der Waals surface area contributed by atoms with Crippen molar-refractivity contribution in [1.29, 1.82) is 0 Å². The third kappa shape index (κ3) is 5.39.